The second-order valence-corrected chi connectivity index (χ2v) is 5.05. The molecule has 0 spiro atoms. The average molecular weight is 325 g/mol. The van der Waals surface area contributed by atoms with Crippen molar-refractivity contribution in [2.24, 2.45) is 0 Å². The van der Waals surface area contributed by atoms with Crippen LogP contribution in [0.4, 0.5) is 4.39 Å². The summed E-state index contributed by atoms with van der Waals surface area (Å²) < 4.78 is 25.5. The highest BCUT2D eigenvalue weighted by Gasteiger charge is 2.09. The maximum atomic E-state index is 13.9. The molecule has 0 bridgehead atoms. The molecule has 2 aromatic rings. The lowest BCUT2D eigenvalue weighted by Gasteiger charge is -2.11. The molecule has 0 fully saturated rings. The van der Waals surface area contributed by atoms with Crippen molar-refractivity contribution in [1.82, 2.24) is 0 Å². The first-order chi connectivity index (χ1) is 9.11. The van der Waals surface area contributed by atoms with E-state index in [0.717, 1.165) is 15.8 Å². The summed E-state index contributed by atoms with van der Waals surface area (Å²) in [4.78, 5) is 0. The Balaban J connectivity index is 2.14. The van der Waals surface area contributed by atoms with E-state index < -0.39 is 0 Å². The Labute approximate surface area is 120 Å². The zero-order chi connectivity index (χ0) is 13.8. The summed E-state index contributed by atoms with van der Waals surface area (Å²) in [6, 6.07) is 10.7. The van der Waals surface area contributed by atoms with E-state index in [1.807, 2.05) is 25.1 Å². The standard InChI is InChI=1S/C15H14BrFO2/c1-10-8-12(16)6-7-13(10)19-9-11-4-3-5-14(18-2)15(11)17/h3-8H,9H2,1-2H3. The first kappa shape index (κ1) is 13.9. The maximum absolute atomic E-state index is 13.9. The van der Waals surface area contributed by atoms with Crippen molar-refractivity contribution in [2.75, 3.05) is 7.11 Å². The van der Waals surface area contributed by atoms with Crippen molar-refractivity contribution in [1.29, 1.82) is 0 Å². The summed E-state index contributed by atoms with van der Waals surface area (Å²) in [5.74, 6) is 0.596. The van der Waals surface area contributed by atoms with Gasteiger partial charge in [0.15, 0.2) is 11.6 Å². The van der Waals surface area contributed by atoms with E-state index >= 15 is 0 Å². The molecule has 2 aromatic carbocycles. The lowest BCUT2D eigenvalue weighted by Crippen LogP contribution is -2.01. The number of halogens is 2. The number of methoxy groups -OCH3 is 1. The van der Waals surface area contributed by atoms with Gasteiger partial charge < -0.3 is 9.47 Å². The third kappa shape index (κ3) is 3.26. The Morgan fingerprint density at radius 1 is 1.16 bits per heavy atom. The minimum Gasteiger partial charge on any atom is -0.494 e. The summed E-state index contributed by atoms with van der Waals surface area (Å²) in [5.41, 5.74) is 1.47. The van der Waals surface area contributed by atoms with Crippen molar-refractivity contribution in [3.8, 4) is 11.5 Å². The average Bonchev–Trinajstić information content (AvgIpc) is 2.39. The van der Waals surface area contributed by atoms with E-state index in [-0.39, 0.29) is 18.2 Å². The zero-order valence-corrected chi connectivity index (χ0v) is 12.3. The topological polar surface area (TPSA) is 18.5 Å². The van der Waals surface area contributed by atoms with Gasteiger partial charge in [0.05, 0.1) is 7.11 Å². The third-order valence-electron chi connectivity index (χ3n) is 2.78. The number of rotatable bonds is 4. The molecule has 0 saturated heterocycles. The van der Waals surface area contributed by atoms with E-state index in [4.69, 9.17) is 9.47 Å². The Hall–Kier alpha value is -1.55. The Morgan fingerprint density at radius 3 is 2.63 bits per heavy atom. The van der Waals surface area contributed by atoms with Crippen LogP contribution in [0.2, 0.25) is 0 Å². The minimum atomic E-state index is -0.375. The van der Waals surface area contributed by atoms with Gasteiger partial charge in [0.25, 0.3) is 0 Å². The van der Waals surface area contributed by atoms with Crippen molar-refractivity contribution in [3.63, 3.8) is 0 Å². The van der Waals surface area contributed by atoms with Gasteiger partial charge >= 0.3 is 0 Å². The molecular formula is C15H14BrFO2. The number of hydrogen-bond donors (Lipinski definition) is 0. The Morgan fingerprint density at radius 2 is 1.95 bits per heavy atom. The van der Waals surface area contributed by atoms with Crippen LogP contribution in [0, 0.1) is 12.7 Å². The van der Waals surface area contributed by atoms with Crippen molar-refractivity contribution < 1.29 is 13.9 Å². The van der Waals surface area contributed by atoms with Gasteiger partial charge in [-0.25, -0.2) is 4.39 Å². The molecule has 100 valence electrons. The van der Waals surface area contributed by atoms with Crippen LogP contribution in [0.3, 0.4) is 0 Å². The number of hydrogen-bond acceptors (Lipinski definition) is 2. The number of ether oxygens (including phenoxy) is 2. The smallest absolute Gasteiger partial charge is 0.171 e. The second-order valence-electron chi connectivity index (χ2n) is 4.13. The van der Waals surface area contributed by atoms with E-state index in [2.05, 4.69) is 15.9 Å². The van der Waals surface area contributed by atoms with Gasteiger partial charge in [-0.1, -0.05) is 28.1 Å². The molecule has 0 aliphatic heterocycles. The van der Waals surface area contributed by atoms with Crippen LogP contribution in [0.15, 0.2) is 40.9 Å². The molecule has 0 aliphatic carbocycles. The molecule has 2 rings (SSSR count). The van der Waals surface area contributed by atoms with Crippen LogP contribution >= 0.6 is 15.9 Å². The molecule has 0 unspecified atom stereocenters. The summed E-state index contributed by atoms with van der Waals surface area (Å²) in [6.07, 6.45) is 0. The van der Waals surface area contributed by atoms with Gasteiger partial charge in [0.2, 0.25) is 0 Å². The van der Waals surface area contributed by atoms with E-state index in [1.165, 1.54) is 7.11 Å². The van der Waals surface area contributed by atoms with E-state index in [9.17, 15) is 4.39 Å². The van der Waals surface area contributed by atoms with E-state index in [0.29, 0.717) is 5.56 Å². The molecular weight excluding hydrogens is 311 g/mol. The van der Waals surface area contributed by atoms with Gasteiger partial charge in [0.1, 0.15) is 12.4 Å². The van der Waals surface area contributed by atoms with Gasteiger partial charge in [-0.2, -0.15) is 0 Å². The Kier molecular flexibility index (Phi) is 4.43. The molecule has 0 N–H and O–H groups in total. The molecule has 0 heterocycles. The molecule has 0 radical (unpaired) electrons. The predicted molar refractivity (Wildman–Crippen MR) is 76.2 cm³/mol. The summed E-state index contributed by atoms with van der Waals surface area (Å²) in [7, 11) is 1.45. The highest BCUT2D eigenvalue weighted by molar-refractivity contribution is 9.10. The fraction of sp³-hybridized carbons (Fsp3) is 0.200. The normalized spacial score (nSPS) is 10.3. The number of benzene rings is 2. The van der Waals surface area contributed by atoms with Crippen LogP contribution in [-0.2, 0) is 6.61 Å². The van der Waals surface area contributed by atoms with Crippen molar-refractivity contribution >= 4 is 15.9 Å². The monoisotopic (exact) mass is 324 g/mol. The van der Waals surface area contributed by atoms with Crippen LogP contribution in [0.25, 0.3) is 0 Å². The summed E-state index contributed by atoms with van der Waals surface area (Å²) >= 11 is 3.39. The van der Waals surface area contributed by atoms with Gasteiger partial charge in [0, 0.05) is 10.0 Å². The maximum Gasteiger partial charge on any atom is 0.171 e. The molecule has 0 atom stereocenters. The second kappa shape index (κ2) is 6.06. The van der Waals surface area contributed by atoms with Crippen LogP contribution in [0.1, 0.15) is 11.1 Å². The zero-order valence-electron chi connectivity index (χ0n) is 10.7. The fourth-order valence-corrected chi connectivity index (χ4v) is 2.23. The summed E-state index contributed by atoms with van der Waals surface area (Å²) in [6.45, 7) is 2.12. The van der Waals surface area contributed by atoms with Gasteiger partial charge in [-0.3, -0.25) is 0 Å². The number of aryl methyl sites for hydroxylation is 1. The molecule has 4 heteroatoms. The molecule has 0 aromatic heterocycles. The first-order valence-corrected chi connectivity index (χ1v) is 6.61. The van der Waals surface area contributed by atoms with Crippen LogP contribution in [0.5, 0.6) is 11.5 Å². The highest BCUT2D eigenvalue weighted by Crippen LogP contribution is 2.25. The first-order valence-electron chi connectivity index (χ1n) is 5.82. The molecule has 0 amide bonds. The Bertz CT molecular complexity index is 584. The largest absolute Gasteiger partial charge is 0.494 e. The lowest BCUT2D eigenvalue weighted by molar-refractivity contribution is 0.294. The summed E-state index contributed by atoms with van der Waals surface area (Å²) in [5, 5.41) is 0. The molecule has 0 saturated carbocycles. The van der Waals surface area contributed by atoms with Crippen LogP contribution in [-0.4, -0.2) is 7.11 Å². The highest BCUT2D eigenvalue weighted by atomic mass is 79.9. The van der Waals surface area contributed by atoms with Crippen molar-refractivity contribution in [3.05, 3.63) is 57.8 Å². The predicted octanol–water partition coefficient (Wildman–Crippen LogP) is 4.48. The minimum absolute atomic E-state index is 0.172. The molecule has 2 nitrogen and oxygen atoms in total. The van der Waals surface area contributed by atoms with Gasteiger partial charge in [-0.15, -0.1) is 0 Å². The molecule has 19 heavy (non-hydrogen) atoms. The quantitative estimate of drug-likeness (QED) is 0.825. The van der Waals surface area contributed by atoms with Crippen LogP contribution < -0.4 is 9.47 Å². The third-order valence-corrected chi connectivity index (χ3v) is 3.28. The lowest BCUT2D eigenvalue weighted by atomic mass is 10.2. The van der Waals surface area contributed by atoms with Gasteiger partial charge in [-0.05, 0) is 36.8 Å². The van der Waals surface area contributed by atoms with Crippen molar-refractivity contribution in [2.45, 2.75) is 13.5 Å². The molecule has 0 aliphatic rings. The fourth-order valence-electron chi connectivity index (χ4n) is 1.76. The SMILES string of the molecule is COc1cccc(COc2ccc(Br)cc2C)c1F. The van der Waals surface area contributed by atoms with E-state index in [1.54, 1.807) is 18.2 Å².